The Kier molecular flexibility index (Phi) is 5.70. The highest BCUT2D eigenvalue weighted by Gasteiger charge is 2.13. The molecule has 30 heavy (non-hydrogen) atoms. The maximum atomic E-state index is 12.2. The SMILES string of the molecule is O=C(Cc1csc(NC(=O)c2ccco2)n1)NCCCn1nc2ccccn2c1=O. The zero-order valence-corrected chi connectivity index (χ0v) is 16.6. The van der Waals surface area contributed by atoms with Crippen molar-refractivity contribution < 1.29 is 14.0 Å². The first kappa shape index (κ1) is 19.6. The molecule has 2 N–H and O–H groups in total. The summed E-state index contributed by atoms with van der Waals surface area (Å²) in [5.74, 6) is -0.395. The van der Waals surface area contributed by atoms with Crippen LogP contribution in [0.2, 0.25) is 0 Å². The third-order valence-electron chi connectivity index (χ3n) is 4.22. The van der Waals surface area contributed by atoms with Crippen LogP contribution in [0.5, 0.6) is 0 Å². The molecule has 0 atom stereocenters. The summed E-state index contributed by atoms with van der Waals surface area (Å²) in [6.45, 7) is 0.811. The van der Waals surface area contributed by atoms with Crippen LogP contribution in [0.15, 0.2) is 57.4 Å². The number of aromatic nitrogens is 4. The van der Waals surface area contributed by atoms with Crippen LogP contribution < -0.4 is 16.3 Å². The molecular weight excluding hydrogens is 408 g/mol. The lowest BCUT2D eigenvalue weighted by Crippen LogP contribution is -2.28. The van der Waals surface area contributed by atoms with Gasteiger partial charge in [-0.2, -0.15) is 0 Å². The number of aryl methyl sites for hydroxylation is 1. The summed E-state index contributed by atoms with van der Waals surface area (Å²) in [7, 11) is 0. The Balaban J connectivity index is 1.22. The topological polar surface area (TPSA) is 124 Å². The lowest BCUT2D eigenvalue weighted by atomic mass is 10.3. The number of carbonyl (C=O) groups is 2. The third kappa shape index (κ3) is 4.46. The normalized spacial score (nSPS) is 10.9. The quantitative estimate of drug-likeness (QED) is 0.412. The highest BCUT2D eigenvalue weighted by molar-refractivity contribution is 7.14. The standard InChI is InChI=1S/C19H18N6O4S/c26-16(11-13-12-30-18(21-13)22-17(27)14-5-3-10-29-14)20-7-4-9-25-19(28)24-8-2-1-6-15(24)23-25/h1-3,5-6,8,10,12H,4,7,9,11H2,(H,20,26)(H,21,22,27). The van der Waals surface area contributed by atoms with Crippen LogP contribution in [0.25, 0.3) is 5.65 Å². The number of nitrogens with one attached hydrogen (secondary N) is 2. The van der Waals surface area contributed by atoms with Crippen molar-refractivity contribution in [1.82, 2.24) is 24.5 Å². The molecule has 10 nitrogen and oxygen atoms in total. The van der Waals surface area contributed by atoms with Crippen molar-refractivity contribution in [1.29, 1.82) is 0 Å². The second kappa shape index (κ2) is 8.74. The number of amides is 2. The zero-order valence-electron chi connectivity index (χ0n) is 15.8. The average Bonchev–Trinajstić information content (AvgIpc) is 3.47. The van der Waals surface area contributed by atoms with Gasteiger partial charge in [-0.05, 0) is 30.7 Å². The van der Waals surface area contributed by atoms with Crippen LogP contribution in [0.3, 0.4) is 0 Å². The van der Waals surface area contributed by atoms with Crippen LogP contribution in [-0.2, 0) is 17.8 Å². The first-order valence-corrected chi connectivity index (χ1v) is 10.1. The highest BCUT2D eigenvalue weighted by atomic mass is 32.1. The number of pyridine rings is 1. The second-order valence-electron chi connectivity index (χ2n) is 6.39. The Bertz CT molecular complexity index is 1220. The number of hydrogen-bond donors (Lipinski definition) is 2. The predicted octanol–water partition coefficient (Wildman–Crippen LogP) is 1.55. The van der Waals surface area contributed by atoms with Gasteiger partial charge in [-0.25, -0.2) is 14.5 Å². The van der Waals surface area contributed by atoms with Crippen molar-refractivity contribution in [3.05, 3.63) is 70.1 Å². The Hall–Kier alpha value is -3.73. The number of hydrogen-bond acceptors (Lipinski definition) is 7. The number of anilines is 1. The van der Waals surface area contributed by atoms with Crippen molar-refractivity contribution in [2.75, 3.05) is 11.9 Å². The molecule has 0 fully saturated rings. The molecule has 0 spiro atoms. The summed E-state index contributed by atoms with van der Waals surface area (Å²) >= 11 is 1.23. The molecule has 0 aromatic carbocycles. The van der Waals surface area contributed by atoms with Gasteiger partial charge in [-0.15, -0.1) is 16.4 Å². The summed E-state index contributed by atoms with van der Waals surface area (Å²) in [6, 6.07) is 8.53. The fourth-order valence-electron chi connectivity index (χ4n) is 2.81. The molecule has 0 saturated heterocycles. The van der Waals surface area contributed by atoms with E-state index in [4.69, 9.17) is 4.42 Å². The van der Waals surface area contributed by atoms with Gasteiger partial charge in [0.05, 0.1) is 18.4 Å². The number of fused-ring (bicyclic) bond motifs is 1. The molecule has 4 heterocycles. The summed E-state index contributed by atoms with van der Waals surface area (Å²) < 4.78 is 7.88. The van der Waals surface area contributed by atoms with Crippen LogP contribution in [0, 0.1) is 0 Å². The third-order valence-corrected chi connectivity index (χ3v) is 5.02. The van der Waals surface area contributed by atoms with Gasteiger partial charge in [0.1, 0.15) is 0 Å². The lowest BCUT2D eigenvalue weighted by Gasteiger charge is -2.03. The van der Waals surface area contributed by atoms with Crippen molar-refractivity contribution in [3.8, 4) is 0 Å². The van der Waals surface area contributed by atoms with E-state index in [-0.39, 0.29) is 23.8 Å². The fraction of sp³-hybridized carbons (Fsp3) is 0.211. The van der Waals surface area contributed by atoms with Crippen LogP contribution in [0.1, 0.15) is 22.7 Å². The molecule has 4 aromatic rings. The molecule has 0 radical (unpaired) electrons. The summed E-state index contributed by atoms with van der Waals surface area (Å²) in [5.41, 5.74) is 0.942. The minimum Gasteiger partial charge on any atom is -0.459 e. The van der Waals surface area contributed by atoms with Crippen LogP contribution in [0.4, 0.5) is 5.13 Å². The molecule has 4 aromatic heterocycles. The molecule has 0 aliphatic heterocycles. The smallest absolute Gasteiger partial charge is 0.350 e. The fourth-order valence-corrected chi connectivity index (χ4v) is 3.51. The zero-order chi connectivity index (χ0) is 20.9. The predicted molar refractivity (Wildman–Crippen MR) is 110 cm³/mol. The molecule has 4 rings (SSSR count). The van der Waals surface area contributed by atoms with Crippen LogP contribution in [-0.4, -0.2) is 37.5 Å². The number of furan rings is 1. The van der Waals surface area contributed by atoms with Gasteiger partial charge in [0.2, 0.25) is 5.91 Å². The molecule has 0 unspecified atom stereocenters. The van der Waals surface area contributed by atoms with Gasteiger partial charge in [-0.3, -0.25) is 19.3 Å². The van der Waals surface area contributed by atoms with Gasteiger partial charge < -0.3 is 9.73 Å². The Morgan fingerprint density at radius 2 is 2.10 bits per heavy atom. The van der Waals surface area contributed by atoms with E-state index in [1.807, 2.05) is 6.07 Å². The monoisotopic (exact) mass is 426 g/mol. The van der Waals surface area contributed by atoms with Crippen LogP contribution >= 0.6 is 11.3 Å². The number of rotatable bonds is 8. The van der Waals surface area contributed by atoms with E-state index in [1.165, 1.54) is 26.7 Å². The lowest BCUT2D eigenvalue weighted by molar-refractivity contribution is -0.120. The maximum Gasteiger partial charge on any atom is 0.350 e. The molecule has 0 aliphatic carbocycles. The summed E-state index contributed by atoms with van der Waals surface area (Å²) in [6.07, 6.45) is 3.75. The summed E-state index contributed by atoms with van der Waals surface area (Å²) in [4.78, 5) is 40.5. The van der Waals surface area contributed by atoms with E-state index in [2.05, 4.69) is 20.7 Å². The highest BCUT2D eigenvalue weighted by Crippen LogP contribution is 2.17. The maximum absolute atomic E-state index is 12.2. The Morgan fingerprint density at radius 3 is 2.90 bits per heavy atom. The summed E-state index contributed by atoms with van der Waals surface area (Å²) in [5, 5.41) is 11.8. The minimum atomic E-state index is -0.396. The van der Waals surface area contributed by atoms with Gasteiger partial charge >= 0.3 is 5.69 Å². The van der Waals surface area contributed by atoms with E-state index >= 15 is 0 Å². The first-order chi connectivity index (χ1) is 14.6. The van der Waals surface area contributed by atoms with Crippen molar-refractivity contribution in [2.24, 2.45) is 0 Å². The Labute approximate surface area is 174 Å². The molecule has 0 saturated carbocycles. The van der Waals surface area contributed by atoms with E-state index in [1.54, 1.807) is 35.8 Å². The van der Waals surface area contributed by atoms with Crippen molar-refractivity contribution >= 4 is 33.9 Å². The average molecular weight is 426 g/mol. The molecule has 0 bridgehead atoms. The minimum absolute atomic E-state index is 0.0986. The number of nitrogens with zero attached hydrogens (tertiary/aromatic N) is 4. The Morgan fingerprint density at radius 1 is 1.20 bits per heavy atom. The molecular formula is C19H18N6O4S. The van der Waals surface area contributed by atoms with Crippen molar-refractivity contribution in [2.45, 2.75) is 19.4 Å². The molecule has 11 heteroatoms. The number of thiazole rings is 1. The van der Waals surface area contributed by atoms with Gasteiger partial charge in [0.25, 0.3) is 5.91 Å². The van der Waals surface area contributed by atoms with E-state index in [9.17, 15) is 14.4 Å². The van der Waals surface area contributed by atoms with E-state index in [0.29, 0.717) is 36.0 Å². The first-order valence-electron chi connectivity index (χ1n) is 9.20. The van der Waals surface area contributed by atoms with E-state index in [0.717, 1.165) is 0 Å². The van der Waals surface area contributed by atoms with Gasteiger partial charge in [0.15, 0.2) is 16.5 Å². The molecule has 2 amide bonds. The largest absolute Gasteiger partial charge is 0.459 e. The van der Waals surface area contributed by atoms with Gasteiger partial charge in [0, 0.05) is 24.7 Å². The van der Waals surface area contributed by atoms with Gasteiger partial charge in [-0.1, -0.05) is 6.07 Å². The molecule has 0 aliphatic rings. The number of carbonyl (C=O) groups excluding carboxylic acids is 2. The van der Waals surface area contributed by atoms with E-state index < -0.39 is 5.91 Å². The van der Waals surface area contributed by atoms with Crippen molar-refractivity contribution in [3.63, 3.8) is 0 Å². The second-order valence-corrected chi connectivity index (χ2v) is 7.25. The molecule has 154 valence electrons.